The van der Waals surface area contributed by atoms with Crippen molar-refractivity contribution in [2.24, 2.45) is 5.73 Å². The van der Waals surface area contributed by atoms with E-state index in [2.05, 4.69) is 4.72 Å². The number of carbonyl (C=O) groups is 1. The van der Waals surface area contributed by atoms with Gasteiger partial charge in [0.25, 0.3) is 0 Å². The van der Waals surface area contributed by atoms with E-state index in [0.29, 0.717) is 0 Å². The van der Waals surface area contributed by atoms with Crippen LogP contribution in [0.4, 0.5) is 0 Å². The summed E-state index contributed by atoms with van der Waals surface area (Å²) in [6, 6.07) is -0.323. The number of sulfonamides is 1. The second-order valence-corrected chi connectivity index (χ2v) is 6.36. The molecule has 0 aromatic rings. The van der Waals surface area contributed by atoms with Crippen molar-refractivity contribution in [2.45, 2.75) is 50.6 Å². The van der Waals surface area contributed by atoms with Gasteiger partial charge in [-0.05, 0) is 19.3 Å². The standard InChI is InChI=1S/C10H20N2O4S/c11-8-4-1-2-5-9(8)12-17(15,16)7-3-6-10(13)14/h8-9,12H,1-7,11H2,(H,13,14)/t8-,9-/m1/s1. The minimum absolute atomic E-state index is 0.127. The molecule has 0 amide bonds. The van der Waals surface area contributed by atoms with Gasteiger partial charge < -0.3 is 10.8 Å². The number of hydrogen-bond donors (Lipinski definition) is 3. The van der Waals surface area contributed by atoms with Crippen LogP contribution in [0.2, 0.25) is 0 Å². The van der Waals surface area contributed by atoms with E-state index in [4.69, 9.17) is 10.8 Å². The van der Waals surface area contributed by atoms with Gasteiger partial charge in [0.05, 0.1) is 5.75 Å². The van der Waals surface area contributed by atoms with Crippen LogP contribution in [0.1, 0.15) is 38.5 Å². The average molecular weight is 264 g/mol. The van der Waals surface area contributed by atoms with Crippen LogP contribution in [-0.2, 0) is 14.8 Å². The maximum Gasteiger partial charge on any atom is 0.303 e. The minimum Gasteiger partial charge on any atom is -0.481 e. The molecule has 0 aromatic heterocycles. The Kier molecular flexibility index (Phi) is 5.35. The third-order valence-corrected chi connectivity index (χ3v) is 4.44. The Bertz CT molecular complexity index is 355. The van der Waals surface area contributed by atoms with Gasteiger partial charge in [-0.15, -0.1) is 0 Å². The molecule has 0 heterocycles. The first-order chi connectivity index (χ1) is 7.91. The summed E-state index contributed by atoms with van der Waals surface area (Å²) < 4.78 is 25.9. The lowest BCUT2D eigenvalue weighted by atomic mass is 9.92. The summed E-state index contributed by atoms with van der Waals surface area (Å²) in [6.45, 7) is 0. The summed E-state index contributed by atoms with van der Waals surface area (Å²) in [4.78, 5) is 10.3. The van der Waals surface area contributed by atoms with Crippen molar-refractivity contribution >= 4 is 16.0 Å². The number of aliphatic carboxylic acids is 1. The van der Waals surface area contributed by atoms with Gasteiger partial charge in [-0.1, -0.05) is 12.8 Å². The molecule has 0 radical (unpaired) electrons. The maximum atomic E-state index is 11.7. The third kappa shape index (κ3) is 5.47. The van der Waals surface area contributed by atoms with Crippen LogP contribution in [0.25, 0.3) is 0 Å². The summed E-state index contributed by atoms with van der Waals surface area (Å²) in [7, 11) is -3.40. The number of nitrogens with one attached hydrogen (secondary N) is 1. The largest absolute Gasteiger partial charge is 0.481 e. The molecule has 6 nitrogen and oxygen atoms in total. The molecule has 0 bridgehead atoms. The number of carboxylic acid groups (broad SMARTS) is 1. The fraction of sp³-hybridized carbons (Fsp3) is 0.900. The number of carboxylic acids is 1. The molecule has 17 heavy (non-hydrogen) atoms. The first-order valence-electron chi connectivity index (χ1n) is 5.88. The predicted octanol–water partition coefficient (Wildman–Crippen LogP) is 0.0405. The molecular weight excluding hydrogens is 244 g/mol. The van der Waals surface area contributed by atoms with Crippen LogP contribution in [0.3, 0.4) is 0 Å². The smallest absolute Gasteiger partial charge is 0.303 e. The van der Waals surface area contributed by atoms with Crippen LogP contribution in [0.15, 0.2) is 0 Å². The molecule has 100 valence electrons. The van der Waals surface area contributed by atoms with Crippen molar-refractivity contribution in [2.75, 3.05) is 5.75 Å². The van der Waals surface area contributed by atoms with Crippen LogP contribution < -0.4 is 10.5 Å². The van der Waals surface area contributed by atoms with E-state index in [-0.39, 0.29) is 30.7 Å². The van der Waals surface area contributed by atoms with Crippen LogP contribution in [-0.4, -0.2) is 37.3 Å². The second-order valence-electron chi connectivity index (χ2n) is 4.49. The molecule has 7 heteroatoms. The third-order valence-electron chi connectivity index (χ3n) is 2.95. The maximum absolute atomic E-state index is 11.7. The Morgan fingerprint density at radius 2 is 2.00 bits per heavy atom. The topological polar surface area (TPSA) is 109 Å². The molecule has 0 unspecified atom stereocenters. The molecule has 1 aliphatic carbocycles. The SMILES string of the molecule is N[C@@H]1CCCC[C@H]1NS(=O)(=O)CCCC(=O)O. The summed E-state index contributed by atoms with van der Waals surface area (Å²) >= 11 is 0. The highest BCUT2D eigenvalue weighted by Gasteiger charge is 2.25. The van der Waals surface area contributed by atoms with Gasteiger partial charge in [0.2, 0.25) is 10.0 Å². The van der Waals surface area contributed by atoms with Gasteiger partial charge in [-0.3, -0.25) is 4.79 Å². The van der Waals surface area contributed by atoms with E-state index in [1.54, 1.807) is 0 Å². The van der Waals surface area contributed by atoms with Crippen LogP contribution in [0, 0.1) is 0 Å². The molecular formula is C10H20N2O4S. The van der Waals surface area contributed by atoms with Crippen molar-refractivity contribution < 1.29 is 18.3 Å². The number of hydrogen-bond acceptors (Lipinski definition) is 4. The van der Waals surface area contributed by atoms with E-state index < -0.39 is 16.0 Å². The molecule has 1 saturated carbocycles. The molecule has 0 saturated heterocycles. The molecule has 1 fully saturated rings. The quantitative estimate of drug-likeness (QED) is 0.627. The van der Waals surface area contributed by atoms with Crippen LogP contribution >= 0.6 is 0 Å². The number of nitrogens with two attached hydrogens (primary N) is 1. The highest BCUT2D eigenvalue weighted by atomic mass is 32.2. The first-order valence-corrected chi connectivity index (χ1v) is 7.53. The van der Waals surface area contributed by atoms with E-state index in [1.807, 2.05) is 0 Å². The predicted molar refractivity (Wildman–Crippen MR) is 64.0 cm³/mol. The monoisotopic (exact) mass is 264 g/mol. The normalized spacial score (nSPS) is 25.7. The fourth-order valence-electron chi connectivity index (χ4n) is 2.01. The Labute approximate surface area is 102 Å². The molecule has 1 aliphatic rings. The van der Waals surface area contributed by atoms with Gasteiger partial charge in [0.15, 0.2) is 0 Å². The van der Waals surface area contributed by atoms with E-state index in [9.17, 15) is 13.2 Å². The highest BCUT2D eigenvalue weighted by Crippen LogP contribution is 2.17. The molecule has 2 atom stereocenters. The lowest BCUT2D eigenvalue weighted by molar-refractivity contribution is -0.137. The summed E-state index contributed by atoms with van der Waals surface area (Å²) in [5, 5.41) is 8.44. The Balaban J connectivity index is 2.39. The van der Waals surface area contributed by atoms with Crippen molar-refractivity contribution in [3.05, 3.63) is 0 Å². The lowest BCUT2D eigenvalue weighted by Crippen LogP contribution is -2.49. The molecule has 4 N–H and O–H groups in total. The zero-order valence-electron chi connectivity index (χ0n) is 9.76. The summed E-state index contributed by atoms with van der Waals surface area (Å²) in [5.41, 5.74) is 5.84. The zero-order chi connectivity index (χ0) is 12.9. The minimum atomic E-state index is -3.40. The Morgan fingerprint density at radius 1 is 1.35 bits per heavy atom. The zero-order valence-corrected chi connectivity index (χ0v) is 10.6. The van der Waals surface area contributed by atoms with Gasteiger partial charge in [0, 0.05) is 18.5 Å². The summed E-state index contributed by atoms with van der Waals surface area (Å²) in [5.74, 6) is -1.13. The van der Waals surface area contributed by atoms with E-state index >= 15 is 0 Å². The van der Waals surface area contributed by atoms with Gasteiger partial charge in [-0.25, -0.2) is 13.1 Å². The molecule has 0 spiro atoms. The van der Waals surface area contributed by atoms with Crippen molar-refractivity contribution in [1.82, 2.24) is 4.72 Å². The van der Waals surface area contributed by atoms with E-state index in [0.717, 1.165) is 25.7 Å². The molecule has 0 aromatic carbocycles. The Hall–Kier alpha value is -0.660. The lowest BCUT2D eigenvalue weighted by Gasteiger charge is -2.28. The first kappa shape index (κ1) is 14.4. The molecule has 0 aliphatic heterocycles. The fourth-order valence-corrected chi connectivity index (χ4v) is 3.40. The van der Waals surface area contributed by atoms with Crippen molar-refractivity contribution in [1.29, 1.82) is 0 Å². The Morgan fingerprint density at radius 3 is 2.59 bits per heavy atom. The average Bonchev–Trinajstić information content (AvgIpc) is 2.20. The van der Waals surface area contributed by atoms with Gasteiger partial charge >= 0.3 is 5.97 Å². The van der Waals surface area contributed by atoms with Gasteiger partial charge in [-0.2, -0.15) is 0 Å². The molecule has 1 rings (SSSR count). The van der Waals surface area contributed by atoms with Gasteiger partial charge in [0.1, 0.15) is 0 Å². The van der Waals surface area contributed by atoms with Crippen molar-refractivity contribution in [3.8, 4) is 0 Å². The van der Waals surface area contributed by atoms with Crippen molar-refractivity contribution in [3.63, 3.8) is 0 Å². The highest BCUT2D eigenvalue weighted by molar-refractivity contribution is 7.89. The van der Waals surface area contributed by atoms with E-state index in [1.165, 1.54) is 0 Å². The van der Waals surface area contributed by atoms with Crippen LogP contribution in [0.5, 0.6) is 0 Å². The number of rotatable bonds is 6. The summed E-state index contributed by atoms with van der Waals surface area (Å²) in [6.07, 6.45) is 3.63. The second kappa shape index (κ2) is 6.32.